The number of rotatable bonds is 3. The van der Waals surface area contributed by atoms with Gasteiger partial charge in [0.1, 0.15) is 11.5 Å². The van der Waals surface area contributed by atoms with Crippen molar-refractivity contribution >= 4 is 33.2 Å². The number of non-ortho nitro benzene ring substituents is 1. The summed E-state index contributed by atoms with van der Waals surface area (Å²) in [4.78, 5) is 22.7. The number of aromatic carboxylic acids is 1. The van der Waals surface area contributed by atoms with Crippen molar-refractivity contribution in [1.82, 2.24) is 0 Å². The van der Waals surface area contributed by atoms with E-state index in [2.05, 4.69) is 0 Å². The van der Waals surface area contributed by atoms with E-state index < -0.39 is 16.6 Å². The average molecular weight is 357 g/mol. The molecule has 9 nitrogen and oxygen atoms in total. The van der Waals surface area contributed by atoms with E-state index in [1.807, 2.05) is 0 Å². The number of carboxylic acids is 1. The molecule has 0 aliphatic carbocycles. The van der Waals surface area contributed by atoms with Crippen LogP contribution in [0.15, 0.2) is 24.3 Å². The van der Waals surface area contributed by atoms with Gasteiger partial charge in [0.2, 0.25) is 6.79 Å². The Morgan fingerprint density at radius 1 is 1.19 bits per heavy atom. The van der Waals surface area contributed by atoms with E-state index in [-0.39, 0.29) is 46.1 Å². The second-order valence-electron chi connectivity index (χ2n) is 5.61. The van der Waals surface area contributed by atoms with E-state index >= 15 is 0 Å². The van der Waals surface area contributed by atoms with Crippen molar-refractivity contribution in [2.45, 2.75) is 0 Å². The van der Waals surface area contributed by atoms with Gasteiger partial charge in [0.25, 0.3) is 5.69 Å². The first-order chi connectivity index (χ1) is 12.4. The molecule has 132 valence electrons. The first-order valence-electron chi connectivity index (χ1n) is 7.40. The number of phenols is 1. The summed E-state index contributed by atoms with van der Waals surface area (Å²) in [7, 11) is 1.36. The van der Waals surface area contributed by atoms with Crippen LogP contribution in [0.3, 0.4) is 0 Å². The van der Waals surface area contributed by atoms with Crippen molar-refractivity contribution in [1.29, 1.82) is 0 Å². The van der Waals surface area contributed by atoms with E-state index in [1.165, 1.54) is 31.4 Å². The summed E-state index contributed by atoms with van der Waals surface area (Å²) in [5.74, 6) is -0.926. The number of ether oxygens (including phenoxy) is 3. The van der Waals surface area contributed by atoms with Crippen LogP contribution in [0.5, 0.6) is 23.0 Å². The van der Waals surface area contributed by atoms with Crippen LogP contribution in [-0.2, 0) is 0 Å². The number of nitro benzene ring substituents is 1. The van der Waals surface area contributed by atoms with Crippen molar-refractivity contribution < 1.29 is 34.1 Å². The minimum Gasteiger partial charge on any atom is -0.508 e. The van der Waals surface area contributed by atoms with Crippen molar-refractivity contribution in [2.75, 3.05) is 13.9 Å². The molecule has 0 atom stereocenters. The van der Waals surface area contributed by atoms with Crippen LogP contribution < -0.4 is 14.2 Å². The van der Waals surface area contributed by atoms with E-state index in [0.29, 0.717) is 10.8 Å². The molecule has 1 aliphatic heterocycles. The molecule has 4 rings (SSSR count). The van der Waals surface area contributed by atoms with Gasteiger partial charge in [-0.05, 0) is 12.1 Å². The molecule has 0 spiro atoms. The van der Waals surface area contributed by atoms with Crippen LogP contribution in [0.1, 0.15) is 10.4 Å². The van der Waals surface area contributed by atoms with Gasteiger partial charge in [0.05, 0.1) is 23.0 Å². The lowest BCUT2D eigenvalue weighted by molar-refractivity contribution is -0.383. The number of carbonyl (C=O) groups is 1. The van der Waals surface area contributed by atoms with Crippen molar-refractivity contribution in [2.24, 2.45) is 0 Å². The van der Waals surface area contributed by atoms with Crippen molar-refractivity contribution in [3.05, 3.63) is 39.9 Å². The summed E-state index contributed by atoms with van der Waals surface area (Å²) >= 11 is 0. The standard InChI is InChI=1S/C17H11NO8/c1-24-12-3-7(19)2-9-8(12)4-11(18(22)23)14-10(17(20)21)5-13-16(15(9)14)26-6-25-13/h2-5,19H,6H2,1H3,(H,20,21). The zero-order valence-corrected chi connectivity index (χ0v) is 13.3. The summed E-state index contributed by atoms with van der Waals surface area (Å²) in [6.45, 7) is -0.145. The number of phenolic OH excluding ortho intramolecular Hbond substituents is 1. The van der Waals surface area contributed by atoms with E-state index in [4.69, 9.17) is 14.2 Å². The third-order valence-electron chi connectivity index (χ3n) is 4.24. The fourth-order valence-electron chi connectivity index (χ4n) is 3.22. The van der Waals surface area contributed by atoms with Gasteiger partial charge in [-0.1, -0.05) is 0 Å². The maximum Gasteiger partial charge on any atom is 0.336 e. The van der Waals surface area contributed by atoms with Gasteiger partial charge < -0.3 is 24.4 Å². The van der Waals surface area contributed by atoms with Gasteiger partial charge in [-0.2, -0.15) is 0 Å². The maximum absolute atomic E-state index is 11.7. The summed E-state index contributed by atoms with van der Waals surface area (Å²) in [5, 5.41) is 32.0. The van der Waals surface area contributed by atoms with Crippen LogP contribution in [0.2, 0.25) is 0 Å². The van der Waals surface area contributed by atoms with Crippen molar-refractivity contribution in [3.8, 4) is 23.0 Å². The fraction of sp³-hybridized carbons (Fsp3) is 0.118. The second kappa shape index (κ2) is 5.38. The number of nitro groups is 1. The molecule has 0 amide bonds. The molecule has 26 heavy (non-hydrogen) atoms. The van der Waals surface area contributed by atoms with E-state index in [9.17, 15) is 25.1 Å². The predicted molar refractivity (Wildman–Crippen MR) is 89.4 cm³/mol. The molecular formula is C17H11NO8. The zero-order chi connectivity index (χ0) is 18.6. The lowest BCUT2D eigenvalue weighted by Gasteiger charge is -2.13. The normalized spacial score (nSPS) is 12.5. The molecule has 0 unspecified atom stereocenters. The first-order valence-corrected chi connectivity index (χ1v) is 7.40. The number of benzene rings is 3. The number of hydrogen-bond donors (Lipinski definition) is 2. The van der Waals surface area contributed by atoms with Crippen LogP contribution in [0.4, 0.5) is 5.69 Å². The smallest absolute Gasteiger partial charge is 0.336 e. The molecule has 1 heterocycles. The topological polar surface area (TPSA) is 128 Å². The first kappa shape index (κ1) is 15.8. The molecule has 9 heteroatoms. The number of aromatic hydroxyl groups is 1. The van der Waals surface area contributed by atoms with Crippen LogP contribution in [0, 0.1) is 10.1 Å². The molecule has 3 aromatic carbocycles. The highest BCUT2D eigenvalue weighted by Gasteiger charge is 2.30. The Morgan fingerprint density at radius 3 is 2.62 bits per heavy atom. The summed E-state index contributed by atoms with van der Waals surface area (Å²) in [5.41, 5.74) is -0.702. The predicted octanol–water partition coefficient (Wildman–Crippen LogP) is 3.04. The van der Waals surface area contributed by atoms with Crippen LogP contribution in [0.25, 0.3) is 21.5 Å². The molecule has 1 aliphatic rings. The number of nitrogens with zero attached hydrogens (tertiary/aromatic N) is 1. The lowest BCUT2D eigenvalue weighted by atomic mass is 9.94. The largest absolute Gasteiger partial charge is 0.508 e. The molecule has 0 radical (unpaired) electrons. The monoisotopic (exact) mass is 357 g/mol. The van der Waals surface area contributed by atoms with Gasteiger partial charge >= 0.3 is 5.97 Å². The van der Waals surface area contributed by atoms with Gasteiger partial charge in [-0.3, -0.25) is 10.1 Å². The zero-order valence-electron chi connectivity index (χ0n) is 13.3. The Labute approximate surface area is 145 Å². The van der Waals surface area contributed by atoms with Crippen LogP contribution >= 0.6 is 0 Å². The van der Waals surface area contributed by atoms with Gasteiger partial charge in [0.15, 0.2) is 11.5 Å². The highest BCUT2D eigenvalue weighted by molar-refractivity contribution is 6.22. The Kier molecular flexibility index (Phi) is 3.26. The highest BCUT2D eigenvalue weighted by Crippen LogP contribution is 2.49. The quantitative estimate of drug-likeness (QED) is 0.416. The van der Waals surface area contributed by atoms with Gasteiger partial charge in [0, 0.05) is 28.3 Å². The lowest BCUT2D eigenvalue weighted by Crippen LogP contribution is -2.02. The Bertz CT molecular complexity index is 1120. The van der Waals surface area contributed by atoms with Crippen molar-refractivity contribution in [3.63, 3.8) is 0 Å². The fourth-order valence-corrected chi connectivity index (χ4v) is 3.22. The summed E-state index contributed by atoms with van der Waals surface area (Å²) < 4.78 is 15.9. The number of fused-ring (bicyclic) bond motifs is 5. The molecule has 0 saturated carbocycles. The molecular weight excluding hydrogens is 346 g/mol. The van der Waals surface area contributed by atoms with E-state index in [0.717, 1.165) is 0 Å². The Balaban J connectivity index is 2.35. The average Bonchev–Trinajstić information content (AvgIpc) is 3.07. The molecule has 0 saturated heterocycles. The number of methoxy groups -OCH3 is 1. The molecule has 3 aromatic rings. The third kappa shape index (κ3) is 2.07. The number of hydrogen-bond acceptors (Lipinski definition) is 7. The van der Waals surface area contributed by atoms with Crippen LogP contribution in [-0.4, -0.2) is 35.0 Å². The third-order valence-corrected chi connectivity index (χ3v) is 4.24. The molecule has 0 aromatic heterocycles. The Morgan fingerprint density at radius 2 is 1.96 bits per heavy atom. The molecule has 0 bridgehead atoms. The highest BCUT2D eigenvalue weighted by atomic mass is 16.7. The SMILES string of the molecule is COc1cc(O)cc2c1cc([N+](=O)[O-])c1c(C(=O)O)cc3c(c12)OCO3. The summed E-state index contributed by atoms with van der Waals surface area (Å²) in [6, 6.07) is 5.12. The minimum atomic E-state index is -1.34. The van der Waals surface area contributed by atoms with E-state index in [1.54, 1.807) is 0 Å². The molecule has 0 fully saturated rings. The molecule has 2 N–H and O–H groups in total. The number of carboxylic acid groups (broad SMARTS) is 1. The van der Waals surface area contributed by atoms with Gasteiger partial charge in [-0.15, -0.1) is 0 Å². The maximum atomic E-state index is 11.7. The Hall–Kier alpha value is -3.75. The summed E-state index contributed by atoms with van der Waals surface area (Å²) in [6.07, 6.45) is 0. The van der Waals surface area contributed by atoms with Gasteiger partial charge in [-0.25, -0.2) is 4.79 Å². The second-order valence-corrected chi connectivity index (χ2v) is 5.61. The minimum absolute atomic E-state index is 0.105.